The van der Waals surface area contributed by atoms with Gasteiger partial charge in [-0.05, 0) is 44.7 Å². The van der Waals surface area contributed by atoms with E-state index in [1.54, 1.807) is 0 Å². The largest absolute Gasteiger partial charge is 0.371 e. The number of alkyl halides is 1. The van der Waals surface area contributed by atoms with Gasteiger partial charge in [-0.25, -0.2) is 14.4 Å². The van der Waals surface area contributed by atoms with E-state index in [2.05, 4.69) is 9.98 Å². The molecule has 2 atom stereocenters. The van der Waals surface area contributed by atoms with E-state index in [1.165, 1.54) is 0 Å². The summed E-state index contributed by atoms with van der Waals surface area (Å²) in [6.07, 6.45) is 5.98. The first-order valence-electron chi connectivity index (χ1n) is 7.68. The van der Waals surface area contributed by atoms with Gasteiger partial charge in [0, 0.05) is 30.5 Å². The molecule has 0 spiro atoms. The van der Waals surface area contributed by atoms with Gasteiger partial charge in [-0.3, -0.25) is 4.99 Å². The first kappa shape index (κ1) is 13.9. The molecule has 0 amide bonds. The van der Waals surface area contributed by atoms with E-state index in [1.807, 2.05) is 6.21 Å². The number of halogens is 1. The predicted molar refractivity (Wildman–Crippen MR) is 78.4 cm³/mol. The van der Waals surface area contributed by atoms with Gasteiger partial charge in [-0.15, -0.1) is 0 Å². The molecule has 2 unspecified atom stereocenters. The van der Waals surface area contributed by atoms with E-state index in [0.29, 0.717) is 25.2 Å². The average molecular weight is 279 g/mol. The van der Waals surface area contributed by atoms with Crippen LogP contribution >= 0.6 is 0 Å². The van der Waals surface area contributed by atoms with Gasteiger partial charge in [0.1, 0.15) is 12.0 Å². The Bertz CT molecular complexity index is 438. The second-order valence-electron chi connectivity index (χ2n) is 6.05. The summed E-state index contributed by atoms with van der Waals surface area (Å²) in [5, 5.41) is 9.98. The standard InChI is InChI=1S/C15H22FN3O/c16-12-5-3-10(4-6-12)15-18-13(8-14(20)19-15)11-2-1-7-17-9-11/h7,10-12,14,20H,1-6,8-9H2. The molecule has 3 rings (SSSR count). The third-order valence-electron chi connectivity index (χ3n) is 4.52. The molecule has 110 valence electrons. The fourth-order valence-electron chi connectivity index (χ4n) is 3.30. The summed E-state index contributed by atoms with van der Waals surface area (Å²) in [6, 6.07) is 0. The van der Waals surface area contributed by atoms with Crippen LogP contribution in [0.2, 0.25) is 0 Å². The van der Waals surface area contributed by atoms with Gasteiger partial charge < -0.3 is 5.11 Å². The molecule has 1 N–H and O–H groups in total. The molecule has 0 aromatic rings. The van der Waals surface area contributed by atoms with Gasteiger partial charge in [0.15, 0.2) is 6.23 Å². The molecule has 0 saturated heterocycles. The first-order chi connectivity index (χ1) is 9.72. The average Bonchev–Trinajstić information content (AvgIpc) is 2.48. The lowest BCUT2D eigenvalue weighted by Crippen LogP contribution is -2.32. The summed E-state index contributed by atoms with van der Waals surface area (Å²) < 4.78 is 13.2. The summed E-state index contributed by atoms with van der Waals surface area (Å²) in [5.74, 6) is 1.32. The van der Waals surface area contributed by atoms with Crippen LogP contribution in [0.4, 0.5) is 4.39 Å². The van der Waals surface area contributed by atoms with Crippen molar-refractivity contribution in [3.8, 4) is 0 Å². The topological polar surface area (TPSA) is 57.3 Å². The lowest BCUT2D eigenvalue weighted by Gasteiger charge is -2.29. The monoisotopic (exact) mass is 279 g/mol. The molecular formula is C15H22FN3O. The van der Waals surface area contributed by atoms with Crippen LogP contribution < -0.4 is 0 Å². The maximum Gasteiger partial charge on any atom is 0.152 e. The number of nitrogens with zero attached hydrogens (tertiary/aromatic N) is 3. The summed E-state index contributed by atoms with van der Waals surface area (Å²) >= 11 is 0. The normalized spacial score (nSPS) is 38.3. The second-order valence-corrected chi connectivity index (χ2v) is 6.05. The zero-order valence-electron chi connectivity index (χ0n) is 11.7. The van der Waals surface area contributed by atoms with Crippen molar-refractivity contribution in [2.24, 2.45) is 26.8 Å². The van der Waals surface area contributed by atoms with Crippen LogP contribution in [0.25, 0.3) is 0 Å². The Balaban J connectivity index is 1.72. The summed E-state index contributed by atoms with van der Waals surface area (Å²) in [7, 11) is 0. The van der Waals surface area contributed by atoms with E-state index < -0.39 is 12.4 Å². The molecule has 4 nitrogen and oxygen atoms in total. The fraction of sp³-hybridized carbons (Fsp3) is 0.800. The molecule has 0 aromatic carbocycles. The molecule has 1 fully saturated rings. The molecule has 3 aliphatic rings. The van der Waals surface area contributed by atoms with Gasteiger partial charge in [0.05, 0.1) is 0 Å². The number of hydrogen-bond donors (Lipinski definition) is 1. The van der Waals surface area contributed by atoms with Crippen LogP contribution in [-0.4, -0.2) is 41.8 Å². The lowest BCUT2D eigenvalue weighted by molar-refractivity contribution is 0.186. The smallest absolute Gasteiger partial charge is 0.152 e. The second kappa shape index (κ2) is 6.12. The van der Waals surface area contributed by atoms with Crippen molar-refractivity contribution in [2.45, 2.75) is 57.3 Å². The minimum Gasteiger partial charge on any atom is -0.371 e. The third kappa shape index (κ3) is 3.14. The molecule has 0 radical (unpaired) electrons. The molecule has 0 bridgehead atoms. The Morgan fingerprint density at radius 3 is 2.60 bits per heavy atom. The molecule has 1 saturated carbocycles. The van der Waals surface area contributed by atoms with E-state index >= 15 is 0 Å². The first-order valence-corrected chi connectivity index (χ1v) is 7.68. The molecule has 5 heteroatoms. The van der Waals surface area contributed by atoms with Crippen molar-refractivity contribution in [3.05, 3.63) is 0 Å². The van der Waals surface area contributed by atoms with Crippen molar-refractivity contribution in [1.82, 2.24) is 0 Å². The maximum absolute atomic E-state index is 13.2. The van der Waals surface area contributed by atoms with Crippen molar-refractivity contribution >= 4 is 17.8 Å². The van der Waals surface area contributed by atoms with Gasteiger partial charge >= 0.3 is 0 Å². The predicted octanol–water partition coefficient (Wildman–Crippen LogP) is 2.56. The zero-order valence-corrected chi connectivity index (χ0v) is 11.7. The number of aliphatic hydroxyl groups is 1. The third-order valence-corrected chi connectivity index (χ3v) is 4.52. The van der Waals surface area contributed by atoms with Crippen molar-refractivity contribution in [2.75, 3.05) is 6.54 Å². The number of aliphatic imine (C=N–C) groups is 3. The van der Waals surface area contributed by atoms with Crippen LogP contribution in [0.5, 0.6) is 0 Å². The van der Waals surface area contributed by atoms with E-state index in [4.69, 9.17) is 4.99 Å². The Morgan fingerprint density at radius 2 is 1.90 bits per heavy atom. The highest BCUT2D eigenvalue weighted by Crippen LogP contribution is 2.30. The molecule has 0 aromatic heterocycles. The molecule has 2 aliphatic heterocycles. The Morgan fingerprint density at radius 1 is 1.10 bits per heavy atom. The maximum atomic E-state index is 13.2. The van der Waals surface area contributed by atoms with Crippen LogP contribution in [0, 0.1) is 11.8 Å². The number of aliphatic hydroxyl groups excluding tert-OH is 1. The quantitative estimate of drug-likeness (QED) is 0.829. The Labute approximate surface area is 118 Å². The van der Waals surface area contributed by atoms with Gasteiger partial charge in [-0.1, -0.05) is 0 Å². The molecule has 1 aliphatic carbocycles. The van der Waals surface area contributed by atoms with E-state index in [9.17, 15) is 9.50 Å². The van der Waals surface area contributed by atoms with Gasteiger partial charge in [-0.2, -0.15) is 0 Å². The number of amidine groups is 1. The van der Waals surface area contributed by atoms with Crippen LogP contribution in [-0.2, 0) is 0 Å². The van der Waals surface area contributed by atoms with Crippen LogP contribution in [0.15, 0.2) is 15.0 Å². The minimum atomic E-state index is -0.675. The number of hydrogen-bond acceptors (Lipinski definition) is 4. The summed E-state index contributed by atoms with van der Waals surface area (Å²) in [5.41, 5.74) is 1.04. The SMILES string of the molecule is OC1CC(C2CCC=NC2)=NC(C2CCC(F)CC2)=N1. The molecular weight excluding hydrogens is 257 g/mol. The Kier molecular flexibility index (Phi) is 4.24. The molecule has 2 heterocycles. The summed E-state index contributed by atoms with van der Waals surface area (Å²) in [6.45, 7) is 0.774. The van der Waals surface area contributed by atoms with Crippen molar-refractivity contribution in [1.29, 1.82) is 0 Å². The Hall–Kier alpha value is -1.10. The van der Waals surface area contributed by atoms with Gasteiger partial charge in [0.2, 0.25) is 0 Å². The molecule has 20 heavy (non-hydrogen) atoms. The fourth-order valence-corrected chi connectivity index (χ4v) is 3.30. The van der Waals surface area contributed by atoms with E-state index in [-0.39, 0.29) is 5.92 Å². The van der Waals surface area contributed by atoms with Crippen molar-refractivity contribution < 1.29 is 9.50 Å². The van der Waals surface area contributed by atoms with E-state index in [0.717, 1.165) is 43.8 Å². The lowest BCUT2D eigenvalue weighted by atomic mass is 9.86. The highest BCUT2D eigenvalue weighted by atomic mass is 19.1. The number of rotatable bonds is 2. The highest BCUT2D eigenvalue weighted by molar-refractivity contribution is 6.02. The van der Waals surface area contributed by atoms with Crippen LogP contribution in [0.1, 0.15) is 44.9 Å². The highest BCUT2D eigenvalue weighted by Gasteiger charge is 2.29. The van der Waals surface area contributed by atoms with Gasteiger partial charge in [0.25, 0.3) is 0 Å². The van der Waals surface area contributed by atoms with Crippen molar-refractivity contribution in [3.63, 3.8) is 0 Å². The summed E-state index contributed by atoms with van der Waals surface area (Å²) in [4.78, 5) is 13.3. The zero-order chi connectivity index (χ0) is 13.9. The van der Waals surface area contributed by atoms with Crippen LogP contribution in [0.3, 0.4) is 0 Å². The minimum absolute atomic E-state index is 0.221.